The van der Waals surface area contributed by atoms with E-state index in [0.29, 0.717) is 0 Å². The predicted octanol–water partition coefficient (Wildman–Crippen LogP) is 1.96. The number of likely N-dealkylation sites (tertiary alicyclic amines) is 1. The molecule has 2 nitrogen and oxygen atoms in total. The van der Waals surface area contributed by atoms with Gasteiger partial charge in [0.1, 0.15) is 0 Å². The number of hydrogen-bond donors (Lipinski definition) is 1. The highest BCUT2D eigenvalue weighted by Crippen LogP contribution is 2.08. The van der Waals surface area contributed by atoms with Crippen LogP contribution < -0.4 is 5.32 Å². The maximum Gasteiger partial charge on any atom is 0.00884 e. The second kappa shape index (κ2) is 7.56. The van der Waals surface area contributed by atoms with Gasteiger partial charge in [0, 0.05) is 7.47 Å². The highest BCUT2D eigenvalue weighted by atomic mass is 15.1. The first-order valence-corrected chi connectivity index (χ1v) is 5.26. The summed E-state index contributed by atoms with van der Waals surface area (Å²) in [6.45, 7) is 10.0. The first kappa shape index (κ1) is 11.9. The van der Waals surface area contributed by atoms with Crippen LogP contribution in [0.3, 0.4) is 0 Å². The first-order valence-electron chi connectivity index (χ1n) is 5.26. The fourth-order valence-electron chi connectivity index (χ4n) is 1.54. The van der Waals surface area contributed by atoms with E-state index in [4.69, 9.17) is 0 Å². The van der Waals surface area contributed by atoms with E-state index in [1.807, 2.05) is 13.8 Å². The van der Waals surface area contributed by atoms with Crippen molar-refractivity contribution in [2.45, 2.75) is 39.7 Å². The van der Waals surface area contributed by atoms with Gasteiger partial charge in [0.15, 0.2) is 0 Å². The van der Waals surface area contributed by atoms with Crippen LogP contribution in [0.25, 0.3) is 0 Å². The van der Waals surface area contributed by atoms with Crippen molar-refractivity contribution in [3.8, 4) is 0 Å². The molecule has 0 bridgehead atoms. The molecule has 1 saturated heterocycles. The van der Waals surface area contributed by atoms with Crippen LogP contribution >= 0.6 is 0 Å². The Labute approximate surface area is 78.8 Å². The molecule has 0 aromatic rings. The third-order valence-corrected chi connectivity index (χ3v) is 2.44. The SMILES string of the molecule is CC.CCN1CCC(NC)CC1.[HH]. The van der Waals surface area contributed by atoms with E-state index in [9.17, 15) is 0 Å². The third kappa shape index (κ3) is 4.07. The Kier molecular flexibility index (Phi) is 7.51. The van der Waals surface area contributed by atoms with Gasteiger partial charge in [0.05, 0.1) is 0 Å². The molecular formula is C10H26N2. The predicted molar refractivity (Wildman–Crippen MR) is 57.7 cm³/mol. The van der Waals surface area contributed by atoms with Crippen molar-refractivity contribution in [2.75, 3.05) is 26.7 Å². The van der Waals surface area contributed by atoms with Crippen molar-refractivity contribution in [3.05, 3.63) is 0 Å². The van der Waals surface area contributed by atoms with Crippen molar-refractivity contribution in [1.29, 1.82) is 0 Å². The van der Waals surface area contributed by atoms with E-state index >= 15 is 0 Å². The monoisotopic (exact) mass is 174 g/mol. The minimum absolute atomic E-state index is 0. The van der Waals surface area contributed by atoms with Gasteiger partial charge in [-0.05, 0) is 39.5 Å². The van der Waals surface area contributed by atoms with Crippen molar-refractivity contribution in [2.24, 2.45) is 0 Å². The zero-order valence-electron chi connectivity index (χ0n) is 9.06. The Bertz CT molecular complexity index is 78.9. The lowest BCUT2D eigenvalue weighted by molar-refractivity contribution is 0.211. The van der Waals surface area contributed by atoms with Gasteiger partial charge >= 0.3 is 0 Å². The molecule has 1 fully saturated rings. The summed E-state index contributed by atoms with van der Waals surface area (Å²) in [7, 11) is 2.06. The molecule has 0 aliphatic carbocycles. The van der Waals surface area contributed by atoms with Crippen molar-refractivity contribution >= 4 is 0 Å². The summed E-state index contributed by atoms with van der Waals surface area (Å²) in [6.07, 6.45) is 2.65. The molecule has 0 aromatic heterocycles. The summed E-state index contributed by atoms with van der Waals surface area (Å²) < 4.78 is 0. The molecule has 0 unspecified atom stereocenters. The van der Waals surface area contributed by atoms with E-state index in [1.165, 1.54) is 32.5 Å². The third-order valence-electron chi connectivity index (χ3n) is 2.44. The number of nitrogens with one attached hydrogen (secondary N) is 1. The maximum atomic E-state index is 3.32. The van der Waals surface area contributed by atoms with Crippen LogP contribution in [0.2, 0.25) is 0 Å². The van der Waals surface area contributed by atoms with Crippen molar-refractivity contribution in [3.63, 3.8) is 0 Å². The molecule has 0 amide bonds. The standard InChI is InChI=1S/C8H18N2.C2H6.H2/c1-3-10-6-4-8(9-2)5-7-10;1-2;/h8-9H,3-7H2,1-2H3;1-2H3;1H. The number of nitrogens with zero attached hydrogens (tertiary/aromatic N) is 1. The van der Waals surface area contributed by atoms with Gasteiger partial charge in [-0.15, -0.1) is 0 Å². The van der Waals surface area contributed by atoms with Crippen LogP contribution in [0.5, 0.6) is 0 Å². The van der Waals surface area contributed by atoms with E-state index in [2.05, 4.69) is 24.2 Å². The number of rotatable bonds is 2. The number of hydrogen-bond acceptors (Lipinski definition) is 2. The van der Waals surface area contributed by atoms with Crippen LogP contribution in [0.15, 0.2) is 0 Å². The van der Waals surface area contributed by atoms with Crippen LogP contribution in [-0.4, -0.2) is 37.6 Å². The Balaban J connectivity index is 0. The van der Waals surface area contributed by atoms with Gasteiger partial charge in [-0.25, -0.2) is 0 Å². The van der Waals surface area contributed by atoms with E-state index in [-0.39, 0.29) is 1.43 Å². The van der Waals surface area contributed by atoms with Crippen LogP contribution in [-0.2, 0) is 0 Å². The first-order chi connectivity index (χ1) is 5.86. The molecule has 1 N–H and O–H groups in total. The van der Waals surface area contributed by atoms with Gasteiger partial charge in [0.2, 0.25) is 0 Å². The Morgan fingerprint density at radius 1 is 1.33 bits per heavy atom. The topological polar surface area (TPSA) is 15.3 Å². The molecule has 0 saturated carbocycles. The van der Waals surface area contributed by atoms with Gasteiger partial charge in [0.25, 0.3) is 0 Å². The molecule has 12 heavy (non-hydrogen) atoms. The van der Waals surface area contributed by atoms with Crippen molar-refractivity contribution in [1.82, 2.24) is 10.2 Å². The lowest BCUT2D eigenvalue weighted by Crippen LogP contribution is -2.40. The molecule has 0 spiro atoms. The average molecular weight is 174 g/mol. The summed E-state index contributed by atoms with van der Waals surface area (Å²) in [5.41, 5.74) is 0. The second-order valence-electron chi connectivity index (χ2n) is 3.00. The van der Waals surface area contributed by atoms with Gasteiger partial charge in [-0.1, -0.05) is 20.8 Å². The minimum atomic E-state index is 0. The van der Waals surface area contributed by atoms with Crippen molar-refractivity contribution < 1.29 is 1.43 Å². The molecule has 1 heterocycles. The Hall–Kier alpha value is -0.0800. The van der Waals surface area contributed by atoms with Crippen LogP contribution in [0.1, 0.15) is 35.0 Å². The molecular weight excluding hydrogens is 148 g/mol. The molecule has 0 aromatic carbocycles. The molecule has 76 valence electrons. The highest BCUT2D eigenvalue weighted by molar-refractivity contribution is 4.74. The summed E-state index contributed by atoms with van der Waals surface area (Å²) in [5.74, 6) is 0. The second-order valence-corrected chi connectivity index (χ2v) is 3.00. The smallest absolute Gasteiger partial charge is 0.00884 e. The lowest BCUT2D eigenvalue weighted by atomic mass is 10.1. The zero-order valence-corrected chi connectivity index (χ0v) is 9.06. The average Bonchev–Trinajstić information content (AvgIpc) is 2.21. The van der Waals surface area contributed by atoms with Gasteiger partial charge in [-0.2, -0.15) is 0 Å². The molecule has 1 aliphatic heterocycles. The minimum Gasteiger partial charge on any atom is -0.317 e. The molecule has 0 radical (unpaired) electrons. The molecule has 1 rings (SSSR count). The highest BCUT2D eigenvalue weighted by Gasteiger charge is 2.15. The Morgan fingerprint density at radius 2 is 1.83 bits per heavy atom. The fraction of sp³-hybridized carbons (Fsp3) is 1.00. The summed E-state index contributed by atoms with van der Waals surface area (Å²) in [6, 6.07) is 0.780. The van der Waals surface area contributed by atoms with E-state index in [1.54, 1.807) is 0 Å². The van der Waals surface area contributed by atoms with Crippen LogP contribution in [0.4, 0.5) is 0 Å². The quantitative estimate of drug-likeness (QED) is 0.688. The summed E-state index contributed by atoms with van der Waals surface area (Å²) >= 11 is 0. The zero-order chi connectivity index (χ0) is 9.40. The summed E-state index contributed by atoms with van der Waals surface area (Å²) in [4.78, 5) is 2.51. The maximum absolute atomic E-state index is 3.32. The van der Waals surface area contributed by atoms with Crippen LogP contribution in [0, 0.1) is 0 Å². The molecule has 0 atom stereocenters. The normalized spacial score (nSPS) is 20.0. The largest absolute Gasteiger partial charge is 0.317 e. The van der Waals surface area contributed by atoms with Gasteiger partial charge in [-0.3, -0.25) is 0 Å². The lowest BCUT2D eigenvalue weighted by Gasteiger charge is -2.30. The van der Waals surface area contributed by atoms with E-state index < -0.39 is 0 Å². The van der Waals surface area contributed by atoms with E-state index in [0.717, 1.165) is 6.04 Å². The Morgan fingerprint density at radius 3 is 2.17 bits per heavy atom. The number of piperidine rings is 1. The van der Waals surface area contributed by atoms with Gasteiger partial charge < -0.3 is 10.2 Å². The molecule has 2 heteroatoms. The summed E-state index contributed by atoms with van der Waals surface area (Å²) in [5, 5.41) is 3.32. The fourth-order valence-corrected chi connectivity index (χ4v) is 1.54. The molecule has 1 aliphatic rings.